The predicted octanol–water partition coefficient (Wildman–Crippen LogP) is 0.121. The minimum absolute atomic E-state index is 0.218. The molecule has 0 saturated carbocycles. The van der Waals surface area contributed by atoms with Crippen LogP contribution in [0.25, 0.3) is 0 Å². The topological polar surface area (TPSA) is 38.5 Å². The summed E-state index contributed by atoms with van der Waals surface area (Å²) in [4.78, 5) is 0. The Hall–Kier alpha value is -0.0800. The fourth-order valence-electron chi connectivity index (χ4n) is 0.754. The Morgan fingerprint density at radius 3 is 2.14 bits per heavy atom. The minimum atomic E-state index is 0.218. The lowest BCUT2D eigenvalue weighted by molar-refractivity contribution is 0.359. The third-order valence-electron chi connectivity index (χ3n) is 1.28. The van der Waals surface area contributed by atoms with Crippen molar-refractivity contribution >= 4 is 0 Å². The molecule has 7 heavy (non-hydrogen) atoms. The normalized spacial score (nSPS) is 43.3. The van der Waals surface area contributed by atoms with Crippen LogP contribution in [-0.4, -0.2) is 18.2 Å². The van der Waals surface area contributed by atoms with Crippen LogP contribution in [0.15, 0.2) is 0 Å². The van der Waals surface area contributed by atoms with E-state index in [2.05, 4.69) is 0 Å². The van der Waals surface area contributed by atoms with Crippen molar-refractivity contribution in [2.45, 2.75) is 32.1 Å². The average molecular weight is 101 g/mol. The van der Waals surface area contributed by atoms with Crippen molar-refractivity contribution in [1.29, 1.82) is 0 Å². The van der Waals surface area contributed by atoms with Crippen LogP contribution in [0.3, 0.4) is 0 Å². The highest BCUT2D eigenvalue weighted by Gasteiger charge is 2.36. The van der Waals surface area contributed by atoms with Crippen LogP contribution < -0.4 is 5.73 Å². The van der Waals surface area contributed by atoms with Crippen molar-refractivity contribution in [3.8, 4) is 0 Å². The Balaban J connectivity index is 2.20. The standard InChI is InChI=1S/C5H11NO/c1-3(6)5-4(2)7-5/h3-5H,6H2,1-2H3. The number of hydrogen-bond acceptors (Lipinski definition) is 2. The van der Waals surface area contributed by atoms with Crippen molar-refractivity contribution in [2.24, 2.45) is 5.73 Å². The predicted molar refractivity (Wildman–Crippen MR) is 28.0 cm³/mol. The molecular weight excluding hydrogens is 90.1 g/mol. The van der Waals surface area contributed by atoms with Gasteiger partial charge in [0.25, 0.3) is 0 Å². The van der Waals surface area contributed by atoms with E-state index in [0.29, 0.717) is 12.2 Å². The zero-order chi connectivity index (χ0) is 5.44. The molecule has 0 spiro atoms. The number of nitrogens with two attached hydrogens (primary N) is 1. The fraction of sp³-hybridized carbons (Fsp3) is 1.00. The molecule has 2 nitrogen and oxygen atoms in total. The molecule has 1 aliphatic rings. The van der Waals surface area contributed by atoms with Crippen molar-refractivity contribution < 1.29 is 4.74 Å². The van der Waals surface area contributed by atoms with Gasteiger partial charge in [-0.15, -0.1) is 0 Å². The Morgan fingerprint density at radius 1 is 1.71 bits per heavy atom. The minimum Gasteiger partial charge on any atom is -0.368 e. The van der Waals surface area contributed by atoms with Crippen LogP contribution in [0.1, 0.15) is 13.8 Å². The smallest absolute Gasteiger partial charge is 0.0986 e. The fourth-order valence-corrected chi connectivity index (χ4v) is 0.754. The van der Waals surface area contributed by atoms with Gasteiger partial charge in [0.05, 0.1) is 12.2 Å². The van der Waals surface area contributed by atoms with E-state index in [9.17, 15) is 0 Å². The summed E-state index contributed by atoms with van der Waals surface area (Å²) in [7, 11) is 0. The van der Waals surface area contributed by atoms with Crippen LogP contribution >= 0.6 is 0 Å². The van der Waals surface area contributed by atoms with E-state index in [1.165, 1.54) is 0 Å². The maximum absolute atomic E-state index is 5.46. The summed E-state index contributed by atoms with van der Waals surface area (Å²) >= 11 is 0. The molecule has 1 rings (SSSR count). The van der Waals surface area contributed by atoms with Gasteiger partial charge >= 0.3 is 0 Å². The van der Waals surface area contributed by atoms with Gasteiger partial charge in [0.1, 0.15) is 0 Å². The molecule has 1 heterocycles. The second kappa shape index (κ2) is 1.46. The van der Waals surface area contributed by atoms with Crippen LogP contribution in [0.4, 0.5) is 0 Å². The van der Waals surface area contributed by atoms with E-state index in [1.54, 1.807) is 0 Å². The van der Waals surface area contributed by atoms with E-state index < -0.39 is 0 Å². The lowest BCUT2D eigenvalue weighted by atomic mass is 10.2. The van der Waals surface area contributed by atoms with E-state index in [0.717, 1.165) is 0 Å². The molecule has 2 heteroatoms. The molecular formula is C5H11NO. The van der Waals surface area contributed by atoms with Crippen LogP contribution in [-0.2, 0) is 4.74 Å². The molecule has 3 unspecified atom stereocenters. The lowest BCUT2D eigenvalue weighted by Gasteiger charge is -1.93. The van der Waals surface area contributed by atoms with Gasteiger partial charge in [-0.05, 0) is 13.8 Å². The van der Waals surface area contributed by atoms with E-state index in [-0.39, 0.29) is 6.04 Å². The highest BCUT2D eigenvalue weighted by molar-refractivity contribution is 4.86. The lowest BCUT2D eigenvalue weighted by Crippen LogP contribution is -2.22. The molecule has 0 bridgehead atoms. The van der Waals surface area contributed by atoms with E-state index >= 15 is 0 Å². The van der Waals surface area contributed by atoms with Crippen molar-refractivity contribution in [1.82, 2.24) is 0 Å². The Morgan fingerprint density at radius 2 is 2.14 bits per heavy atom. The molecule has 42 valence electrons. The van der Waals surface area contributed by atoms with Gasteiger partial charge in [0.15, 0.2) is 0 Å². The van der Waals surface area contributed by atoms with Crippen molar-refractivity contribution in [3.63, 3.8) is 0 Å². The second-order valence-corrected chi connectivity index (χ2v) is 2.16. The first-order valence-electron chi connectivity index (χ1n) is 2.63. The van der Waals surface area contributed by atoms with Crippen molar-refractivity contribution in [2.75, 3.05) is 0 Å². The number of epoxide rings is 1. The molecule has 0 aromatic carbocycles. The third kappa shape index (κ3) is 0.924. The van der Waals surface area contributed by atoms with Crippen LogP contribution in [0.2, 0.25) is 0 Å². The molecule has 1 fully saturated rings. The first-order chi connectivity index (χ1) is 3.22. The Bertz CT molecular complexity index is 72.5. The molecule has 0 aromatic heterocycles. The number of rotatable bonds is 1. The molecule has 0 amide bonds. The average Bonchev–Trinajstić information content (AvgIpc) is 2.17. The molecule has 1 saturated heterocycles. The highest BCUT2D eigenvalue weighted by atomic mass is 16.6. The van der Waals surface area contributed by atoms with Gasteiger partial charge in [-0.1, -0.05) is 0 Å². The Labute approximate surface area is 43.6 Å². The van der Waals surface area contributed by atoms with E-state index in [4.69, 9.17) is 10.5 Å². The zero-order valence-corrected chi connectivity index (χ0v) is 4.72. The first-order valence-corrected chi connectivity index (χ1v) is 2.63. The first kappa shape index (κ1) is 5.06. The highest BCUT2D eigenvalue weighted by Crippen LogP contribution is 2.22. The summed E-state index contributed by atoms with van der Waals surface area (Å²) in [5.74, 6) is 0. The third-order valence-corrected chi connectivity index (χ3v) is 1.28. The summed E-state index contributed by atoms with van der Waals surface area (Å²) in [6, 6.07) is 0.218. The number of ether oxygens (including phenoxy) is 1. The quantitative estimate of drug-likeness (QED) is 0.476. The summed E-state index contributed by atoms with van der Waals surface area (Å²) in [5, 5.41) is 0. The SMILES string of the molecule is CC(N)C1OC1C. The number of hydrogen-bond donors (Lipinski definition) is 1. The molecule has 0 aromatic rings. The van der Waals surface area contributed by atoms with Gasteiger partial charge in [0.2, 0.25) is 0 Å². The van der Waals surface area contributed by atoms with Gasteiger partial charge in [-0.2, -0.15) is 0 Å². The van der Waals surface area contributed by atoms with Gasteiger partial charge < -0.3 is 10.5 Å². The van der Waals surface area contributed by atoms with Crippen LogP contribution in [0, 0.1) is 0 Å². The van der Waals surface area contributed by atoms with Crippen molar-refractivity contribution in [3.05, 3.63) is 0 Å². The molecule has 0 aliphatic carbocycles. The molecule has 2 N–H and O–H groups in total. The van der Waals surface area contributed by atoms with Crippen LogP contribution in [0.5, 0.6) is 0 Å². The molecule has 3 atom stereocenters. The van der Waals surface area contributed by atoms with Gasteiger partial charge in [0, 0.05) is 6.04 Å². The summed E-state index contributed by atoms with van der Waals surface area (Å²) in [5.41, 5.74) is 5.46. The van der Waals surface area contributed by atoms with Gasteiger partial charge in [-0.25, -0.2) is 0 Å². The largest absolute Gasteiger partial charge is 0.368 e. The maximum Gasteiger partial charge on any atom is 0.0986 e. The summed E-state index contributed by atoms with van der Waals surface area (Å²) in [6.07, 6.45) is 0.764. The molecule has 0 radical (unpaired) electrons. The second-order valence-electron chi connectivity index (χ2n) is 2.16. The monoisotopic (exact) mass is 101 g/mol. The van der Waals surface area contributed by atoms with Gasteiger partial charge in [-0.3, -0.25) is 0 Å². The maximum atomic E-state index is 5.46. The van der Waals surface area contributed by atoms with E-state index in [1.807, 2.05) is 13.8 Å². The zero-order valence-electron chi connectivity index (χ0n) is 4.72. The Kier molecular flexibility index (Phi) is 1.05. The summed E-state index contributed by atoms with van der Waals surface area (Å²) in [6.45, 7) is 4.00. The summed E-state index contributed by atoms with van der Waals surface area (Å²) < 4.78 is 5.05. The molecule has 1 aliphatic heterocycles.